The van der Waals surface area contributed by atoms with Gasteiger partial charge in [-0.15, -0.1) is 11.3 Å². The van der Waals surface area contributed by atoms with Crippen molar-refractivity contribution in [2.24, 2.45) is 0 Å². The fourth-order valence-electron chi connectivity index (χ4n) is 1.57. The molecule has 0 aromatic carbocycles. The molecule has 1 amide bonds. The van der Waals surface area contributed by atoms with Crippen molar-refractivity contribution in [3.05, 3.63) is 14.5 Å². The Labute approximate surface area is 116 Å². The second-order valence-corrected chi connectivity index (χ2v) is 8.26. The van der Waals surface area contributed by atoms with Crippen LogP contribution in [0.25, 0.3) is 0 Å². The first-order chi connectivity index (χ1) is 8.17. The van der Waals surface area contributed by atoms with Gasteiger partial charge in [0.2, 0.25) is 5.91 Å². The summed E-state index contributed by atoms with van der Waals surface area (Å²) in [5.74, 6) is -0.250. The molecule has 0 aliphatic carbocycles. The van der Waals surface area contributed by atoms with Gasteiger partial charge in [-0.1, -0.05) is 0 Å². The maximum absolute atomic E-state index is 11.7. The molecule has 1 aromatic heterocycles. The summed E-state index contributed by atoms with van der Waals surface area (Å²) in [5.41, 5.74) is 0.885. The van der Waals surface area contributed by atoms with E-state index in [0.717, 1.165) is 16.8 Å². The second kappa shape index (κ2) is 5.94. The molecule has 8 heteroatoms. The zero-order valence-electron chi connectivity index (χ0n) is 10.4. The number of carbonyl (C=O) groups excluding carboxylic acids is 1. The second-order valence-electron chi connectivity index (χ2n) is 4.30. The Morgan fingerprint density at radius 1 is 1.56 bits per heavy atom. The average Bonchev–Trinajstić information content (AvgIpc) is 2.40. The van der Waals surface area contributed by atoms with Crippen LogP contribution in [0.2, 0.25) is 0 Å². The number of sulfone groups is 1. The molecule has 18 heavy (non-hydrogen) atoms. The van der Waals surface area contributed by atoms with E-state index in [2.05, 4.69) is 10.3 Å². The van der Waals surface area contributed by atoms with E-state index in [9.17, 15) is 13.2 Å². The predicted octanol–water partition coefficient (Wildman–Crippen LogP) is 1.21. The number of H-pyrrole nitrogens is 1. The molecule has 0 spiro atoms. The molecular formula is C10H16N2O3S3. The molecule has 0 radical (unpaired) electrons. The van der Waals surface area contributed by atoms with Crippen LogP contribution in [0.4, 0.5) is 0 Å². The lowest BCUT2D eigenvalue weighted by molar-refractivity contribution is -0.120. The zero-order chi connectivity index (χ0) is 13.9. The van der Waals surface area contributed by atoms with Crippen LogP contribution in [0.15, 0.2) is 0 Å². The molecule has 0 aliphatic rings. The Hall–Kier alpha value is -0.730. The van der Waals surface area contributed by atoms with Gasteiger partial charge in [0.1, 0.15) is 9.84 Å². The molecule has 5 nitrogen and oxygen atoms in total. The summed E-state index contributed by atoms with van der Waals surface area (Å²) in [6.07, 6.45) is 1.37. The van der Waals surface area contributed by atoms with Gasteiger partial charge in [0.05, 0.1) is 12.2 Å². The first kappa shape index (κ1) is 15.3. The highest BCUT2D eigenvalue weighted by atomic mass is 32.2. The van der Waals surface area contributed by atoms with Crippen LogP contribution in [0.3, 0.4) is 0 Å². The van der Waals surface area contributed by atoms with Crippen molar-refractivity contribution >= 4 is 39.3 Å². The van der Waals surface area contributed by atoms with Crippen molar-refractivity contribution in [2.45, 2.75) is 26.3 Å². The van der Waals surface area contributed by atoms with E-state index in [-0.39, 0.29) is 24.1 Å². The molecule has 0 saturated carbocycles. The fraction of sp³-hybridized carbons (Fsp3) is 0.600. The maximum Gasteiger partial charge on any atom is 0.225 e. The number of aryl methyl sites for hydroxylation is 1. The van der Waals surface area contributed by atoms with Gasteiger partial charge in [-0.25, -0.2) is 8.42 Å². The van der Waals surface area contributed by atoms with Gasteiger partial charge in [0.25, 0.3) is 0 Å². The average molecular weight is 308 g/mol. The lowest BCUT2D eigenvalue weighted by Gasteiger charge is -2.12. The largest absolute Gasteiger partial charge is 0.352 e. The van der Waals surface area contributed by atoms with Crippen LogP contribution in [-0.4, -0.2) is 37.4 Å². The molecular weight excluding hydrogens is 292 g/mol. The number of rotatable bonds is 5. The molecule has 0 aliphatic heterocycles. The minimum Gasteiger partial charge on any atom is -0.352 e. The van der Waals surface area contributed by atoms with E-state index in [1.165, 1.54) is 11.3 Å². The van der Waals surface area contributed by atoms with Crippen LogP contribution in [0.5, 0.6) is 0 Å². The quantitative estimate of drug-likeness (QED) is 0.801. The van der Waals surface area contributed by atoms with E-state index >= 15 is 0 Å². The Balaban J connectivity index is 2.57. The number of amides is 1. The predicted molar refractivity (Wildman–Crippen MR) is 75.3 cm³/mol. The molecule has 2 N–H and O–H groups in total. The SMILES string of the molecule is Cc1[nH]c(=S)sc1CC(=O)NC(C)CS(C)(=O)=O. The Morgan fingerprint density at radius 3 is 2.61 bits per heavy atom. The highest BCUT2D eigenvalue weighted by molar-refractivity contribution is 7.90. The van der Waals surface area contributed by atoms with Crippen LogP contribution in [-0.2, 0) is 21.1 Å². The third-order valence-electron chi connectivity index (χ3n) is 2.20. The Bertz CT molecular complexity index is 586. The summed E-state index contributed by atoms with van der Waals surface area (Å²) in [4.78, 5) is 15.6. The summed E-state index contributed by atoms with van der Waals surface area (Å²) in [6, 6.07) is -0.389. The van der Waals surface area contributed by atoms with E-state index in [1.807, 2.05) is 6.92 Å². The third kappa shape index (κ3) is 5.28. The van der Waals surface area contributed by atoms with Crippen LogP contribution in [0.1, 0.15) is 17.5 Å². The molecule has 1 aromatic rings. The molecule has 0 fully saturated rings. The summed E-state index contributed by atoms with van der Waals surface area (Å²) in [5, 5.41) is 2.66. The van der Waals surface area contributed by atoms with E-state index in [1.54, 1.807) is 6.92 Å². The first-order valence-electron chi connectivity index (χ1n) is 5.33. The molecule has 0 bridgehead atoms. The summed E-state index contributed by atoms with van der Waals surface area (Å²) in [7, 11) is -3.08. The topological polar surface area (TPSA) is 79.0 Å². The lowest BCUT2D eigenvalue weighted by Crippen LogP contribution is -2.38. The van der Waals surface area contributed by atoms with Gasteiger partial charge in [0.15, 0.2) is 3.95 Å². The molecule has 0 saturated heterocycles. The van der Waals surface area contributed by atoms with E-state index < -0.39 is 9.84 Å². The Morgan fingerprint density at radius 2 is 2.17 bits per heavy atom. The molecule has 102 valence electrons. The smallest absolute Gasteiger partial charge is 0.225 e. The number of thiazole rings is 1. The fourth-order valence-corrected chi connectivity index (χ4v) is 3.85. The third-order valence-corrected chi connectivity index (χ3v) is 4.65. The van der Waals surface area contributed by atoms with Gasteiger partial charge in [0, 0.05) is 22.9 Å². The Kier molecular flexibility index (Phi) is 5.06. The lowest BCUT2D eigenvalue weighted by atomic mass is 10.2. The van der Waals surface area contributed by atoms with Gasteiger partial charge in [-0.05, 0) is 26.1 Å². The monoisotopic (exact) mass is 308 g/mol. The van der Waals surface area contributed by atoms with E-state index in [4.69, 9.17) is 12.2 Å². The molecule has 1 atom stereocenters. The molecule has 1 rings (SSSR count). The van der Waals surface area contributed by atoms with Crippen molar-refractivity contribution in [1.29, 1.82) is 0 Å². The first-order valence-corrected chi connectivity index (χ1v) is 8.61. The zero-order valence-corrected chi connectivity index (χ0v) is 12.9. The molecule has 1 unspecified atom stereocenters. The molecule has 1 heterocycles. The van der Waals surface area contributed by atoms with Crippen molar-refractivity contribution in [3.8, 4) is 0 Å². The summed E-state index contributed by atoms with van der Waals surface area (Å²) in [6.45, 7) is 3.53. The van der Waals surface area contributed by atoms with Gasteiger partial charge in [-0.3, -0.25) is 4.79 Å². The van der Waals surface area contributed by atoms with Crippen molar-refractivity contribution < 1.29 is 13.2 Å². The highest BCUT2D eigenvalue weighted by Crippen LogP contribution is 2.14. The maximum atomic E-state index is 11.7. The van der Waals surface area contributed by atoms with Crippen molar-refractivity contribution in [1.82, 2.24) is 10.3 Å². The van der Waals surface area contributed by atoms with E-state index in [0.29, 0.717) is 3.95 Å². The van der Waals surface area contributed by atoms with Gasteiger partial charge in [-0.2, -0.15) is 0 Å². The number of aromatic nitrogens is 1. The normalized spacial score (nSPS) is 13.3. The van der Waals surface area contributed by atoms with Gasteiger partial charge < -0.3 is 10.3 Å². The number of aromatic amines is 1. The van der Waals surface area contributed by atoms with Crippen LogP contribution < -0.4 is 5.32 Å². The number of hydrogen-bond donors (Lipinski definition) is 2. The minimum absolute atomic E-state index is 0.0550. The van der Waals surface area contributed by atoms with Crippen LogP contribution in [0, 0.1) is 10.9 Å². The number of carbonyl (C=O) groups is 1. The van der Waals surface area contributed by atoms with Crippen LogP contribution >= 0.6 is 23.6 Å². The van der Waals surface area contributed by atoms with Crippen molar-refractivity contribution in [2.75, 3.05) is 12.0 Å². The van der Waals surface area contributed by atoms with Crippen molar-refractivity contribution in [3.63, 3.8) is 0 Å². The van der Waals surface area contributed by atoms with Gasteiger partial charge >= 0.3 is 0 Å². The summed E-state index contributed by atoms with van der Waals surface area (Å²) < 4.78 is 22.8. The number of nitrogens with one attached hydrogen (secondary N) is 2. The highest BCUT2D eigenvalue weighted by Gasteiger charge is 2.14. The standard InChI is InChI=1S/C10H16N2O3S3/c1-6(5-18(3,14)15)11-9(13)4-8-7(2)12-10(16)17-8/h6H,4-5H2,1-3H3,(H,11,13)(H,12,16). The minimum atomic E-state index is -3.08. The number of hydrogen-bond acceptors (Lipinski definition) is 5. The summed E-state index contributed by atoms with van der Waals surface area (Å²) >= 11 is 6.35.